The number of hydrogen-bond donors (Lipinski definition) is 2. The molecule has 1 aromatic heterocycles. The zero-order valence-corrected chi connectivity index (χ0v) is 14.5. The Kier molecular flexibility index (Phi) is 4.65. The minimum absolute atomic E-state index is 0.0772. The van der Waals surface area contributed by atoms with Crippen molar-refractivity contribution in [2.24, 2.45) is 0 Å². The number of nitrogens with one attached hydrogen (secondary N) is 2. The quantitative estimate of drug-likeness (QED) is 0.702. The van der Waals surface area contributed by atoms with Crippen molar-refractivity contribution < 1.29 is 14.1 Å². The first kappa shape index (κ1) is 17.0. The van der Waals surface area contributed by atoms with Gasteiger partial charge >= 0.3 is 0 Å². The maximum atomic E-state index is 12.2. The number of fused-ring (bicyclic) bond motifs is 1. The van der Waals surface area contributed by atoms with Crippen molar-refractivity contribution in [2.45, 2.75) is 25.3 Å². The van der Waals surface area contributed by atoms with Crippen molar-refractivity contribution >= 4 is 17.5 Å². The maximum absolute atomic E-state index is 12.2. The molecule has 1 atom stereocenters. The second-order valence-corrected chi connectivity index (χ2v) is 6.38. The van der Waals surface area contributed by atoms with Crippen molar-refractivity contribution in [2.75, 3.05) is 5.32 Å². The Balaban J connectivity index is 1.32. The van der Waals surface area contributed by atoms with Gasteiger partial charge in [-0.1, -0.05) is 53.7 Å². The first-order chi connectivity index (χ1) is 13.2. The van der Waals surface area contributed by atoms with E-state index >= 15 is 0 Å². The van der Waals surface area contributed by atoms with Crippen LogP contribution in [0, 0.1) is 0 Å². The second-order valence-electron chi connectivity index (χ2n) is 6.38. The van der Waals surface area contributed by atoms with Gasteiger partial charge < -0.3 is 15.2 Å². The molecule has 0 radical (unpaired) electrons. The van der Waals surface area contributed by atoms with E-state index in [1.807, 2.05) is 54.6 Å². The first-order valence-electron chi connectivity index (χ1n) is 8.71. The lowest BCUT2D eigenvalue weighted by Gasteiger charge is -2.08. The molecular weight excluding hydrogens is 344 g/mol. The normalized spacial score (nSPS) is 15.3. The van der Waals surface area contributed by atoms with E-state index < -0.39 is 5.92 Å². The highest BCUT2D eigenvalue weighted by Gasteiger charge is 2.31. The van der Waals surface area contributed by atoms with Gasteiger partial charge in [-0.2, -0.15) is 4.98 Å². The highest BCUT2D eigenvalue weighted by atomic mass is 16.5. The Hall–Kier alpha value is -3.48. The first-order valence-corrected chi connectivity index (χ1v) is 8.71. The standard InChI is InChI=1S/C20H18N4O3/c25-18(11-15-14-8-4-5-9-16(14)22-20(15)26)21-12-19-23-17(24-27-19)10-13-6-2-1-3-7-13/h1-9,15H,10-12H2,(H,21,25)(H,22,26)/t15-/m0/s1. The molecule has 0 aliphatic carbocycles. The highest BCUT2D eigenvalue weighted by Crippen LogP contribution is 2.34. The molecule has 0 saturated carbocycles. The van der Waals surface area contributed by atoms with E-state index in [9.17, 15) is 9.59 Å². The van der Waals surface area contributed by atoms with Crippen molar-refractivity contribution in [3.8, 4) is 0 Å². The van der Waals surface area contributed by atoms with Crippen LogP contribution in [0.25, 0.3) is 0 Å². The minimum atomic E-state index is -0.475. The molecule has 2 N–H and O–H groups in total. The molecule has 3 aromatic rings. The molecule has 7 nitrogen and oxygen atoms in total. The van der Waals surface area contributed by atoms with Gasteiger partial charge in [0, 0.05) is 18.5 Å². The van der Waals surface area contributed by atoms with E-state index in [-0.39, 0.29) is 24.8 Å². The predicted molar refractivity (Wildman–Crippen MR) is 97.8 cm³/mol. The molecule has 2 amide bonds. The number of rotatable bonds is 6. The average Bonchev–Trinajstić information content (AvgIpc) is 3.25. The monoisotopic (exact) mass is 362 g/mol. The van der Waals surface area contributed by atoms with Gasteiger partial charge in [0.25, 0.3) is 0 Å². The Morgan fingerprint density at radius 3 is 2.74 bits per heavy atom. The second kappa shape index (κ2) is 7.41. The smallest absolute Gasteiger partial charge is 0.246 e. The van der Waals surface area contributed by atoms with Crippen LogP contribution in [0.15, 0.2) is 59.1 Å². The maximum Gasteiger partial charge on any atom is 0.246 e. The number of carbonyl (C=O) groups is 2. The van der Waals surface area contributed by atoms with Gasteiger partial charge in [-0.15, -0.1) is 0 Å². The summed E-state index contributed by atoms with van der Waals surface area (Å²) in [6.45, 7) is 0.136. The Bertz CT molecular complexity index is 968. The molecule has 1 aliphatic rings. The van der Waals surface area contributed by atoms with Crippen LogP contribution < -0.4 is 10.6 Å². The molecule has 7 heteroatoms. The molecule has 27 heavy (non-hydrogen) atoms. The van der Waals surface area contributed by atoms with E-state index in [0.717, 1.165) is 16.8 Å². The molecule has 1 aliphatic heterocycles. The van der Waals surface area contributed by atoms with Gasteiger partial charge in [-0.3, -0.25) is 9.59 Å². The summed E-state index contributed by atoms with van der Waals surface area (Å²) in [5, 5.41) is 9.47. The Morgan fingerprint density at radius 1 is 1.11 bits per heavy atom. The lowest BCUT2D eigenvalue weighted by Crippen LogP contribution is -2.26. The SMILES string of the molecule is O=C(C[C@@H]1C(=O)Nc2ccccc21)NCc1nc(Cc2ccccc2)no1. The average molecular weight is 362 g/mol. The van der Waals surface area contributed by atoms with Gasteiger partial charge in [-0.25, -0.2) is 0 Å². The minimum Gasteiger partial charge on any atom is -0.347 e. The highest BCUT2D eigenvalue weighted by molar-refractivity contribution is 6.04. The fraction of sp³-hybridized carbons (Fsp3) is 0.200. The summed E-state index contributed by atoms with van der Waals surface area (Å²) >= 11 is 0. The number of aromatic nitrogens is 2. The summed E-state index contributed by atoms with van der Waals surface area (Å²) in [6.07, 6.45) is 0.644. The molecule has 136 valence electrons. The third-order valence-electron chi connectivity index (χ3n) is 4.45. The molecule has 0 unspecified atom stereocenters. The van der Waals surface area contributed by atoms with Crippen molar-refractivity contribution in [1.82, 2.24) is 15.5 Å². The predicted octanol–water partition coefficient (Wildman–Crippen LogP) is 2.40. The molecule has 2 aromatic carbocycles. The van der Waals surface area contributed by atoms with E-state index in [1.54, 1.807) is 0 Å². The van der Waals surface area contributed by atoms with Crippen molar-refractivity contribution in [1.29, 1.82) is 0 Å². The fourth-order valence-electron chi connectivity index (χ4n) is 3.12. The third kappa shape index (κ3) is 3.87. The zero-order chi connectivity index (χ0) is 18.6. The van der Waals surface area contributed by atoms with Crippen LogP contribution in [0.1, 0.15) is 35.2 Å². The summed E-state index contributed by atoms with van der Waals surface area (Å²) in [4.78, 5) is 28.6. The summed E-state index contributed by atoms with van der Waals surface area (Å²) in [7, 11) is 0. The molecular formula is C20H18N4O3. The van der Waals surface area contributed by atoms with E-state index in [2.05, 4.69) is 20.8 Å². The van der Waals surface area contributed by atoms with E-state index in [0.29, 0.717) is 18.1 Å². The van der Waals surface area contributed by atoms with Crippen LogP contribution in [0.2, 0.25) is 0 Å². The topological polar surface area (TPSA) is 97.1 Å². The summed E-state index contributed by atoms with van der Waals surface area (Å²) in [6, 6.07) is 17.2. The van der Waals surface area contributed by atoms with Gasteiger partial charge in [-0.05, 0) is 17.2 Å². The molecule has 2 heterocycles. The van der Waals surface area contributed by atoms with Gasteiger partial charge in [0.2, 0.25) is 17.7 Å². The summed E-state index contributed by atoms with van der Waals surface area (Å²) < 4.78 is 5.18. The van der Waals surface area contributed by atoms with Crippen LogP contribution in [-0.4, -0.2) is 22.0 Å². The summed E-state index contributed by atoms with van der Waals surface area (Å²) in [5.41, 5.74) is 2.70. The zero-order valence-electron chi connectivity index (χ0n) is 14.5. The number of amides is 2. The Labute approximate surface area is 155 Å². The van der Waals surface area contributed by atoms with Crippen molar-refractivity contribution in [3.63, 3.8) is 0 Å². The van der Waals surface area contributed by atoms with Gasteiger partial charge in [0.15, 0.2) is 5.82 Å². The lowest BCUT2D eigenvalue weighted by atomic mass is 9.97. The van der Waals surface area contributed by atoms with Gasteiger partial charge in [0.1, 0.15) is 0 Å². The number of benzene rings is 2. The van der Waals surface area contributed by atoms with Crippen LogP contribution in [0.3, 0.4) is 0 Å². The Morgan fingerprint density at radius 2 is 1.89 bits per heavy atom. The molecule has 0 fully saturated rings. The molecule has 4 rings (SSSR count). The largest absolute Gasteiger partial charge is 0.347 e. The summed E-state index contributed by atoms with van der Waals surface area (Å²) in [5.74, 6) is 0.0292. The number of para-hydroxylation sites is 1. The van der Waals surface area contributed by atoms with Crippen LogP contribution in [0.4, 0.5) is 5.69 Å². The number of hydrogen-bond acceptors (Lipinski definition) is 5. The molecule has 0 spiro atoms. The number of carbonyl (C=O) groups excluding carboxylic acids is 2. The lowest BCUT2D eigenvalue weighted by molar-refractivity contribution is -0.125. The molecule has 0 bridgehead atoms. The van der Waals surface area contributed by atoms with Gasteiger partial charge in [0.05, 0.1) is 12.5 Å². The fourth-order valence-corrected chi connectivity index (χ4v) is 3.12. The van der Waals surface area contributed by atoms with E-state index in [4.69, 9.17) is 4.52 Å². The van der Waals surface area contributed by atoms with Crippen molar-refractivity contribution in [3.05, 3.63) is 77.4 Å². The number of nitrogens with zero attached hydrogens (tertiary/aromatic N) is 2. The van der Waals surface area contributed by atoms with Crippen LogP contribution in [0.5, 0.6) is 0 Å². The van der Waals surface area contributed by atoms with Crippen LogP contribution >= 0.6 is 0 Å². The van der Waals surface area contributed by atoms with Crippen LogP contribution in [-0.2, 0) is 22.6 Å². The third-order valence-corrected chi connectivity index (χ3v) is 4.45. The van der Waals surface area contributed by atoms with E-state index in [1.165, 1.54) is 0 Å². The number of anilines is 1. The molecule has 0 saturated heterocycles.